The molecule has 1 saturated heterocycles. The predicted octanol–water partition coefficient (Wildman–Crippen LogP) is 0.717. The van der Waals surface area contributed by atoms with Crippen LogP contribution in [0.2, 0.25) is 0 Å². The first-order chi connectivity index (χ1) is 8.75. The van der Waals surface area contributed by atoms with E-state index in [0.29, 0.717) is 18.3 Å². The van der Waals surface area contributed by atoms with Gasteiger partial charge >= 0.3 is 0 Å². The molecular formula is C13H19N3O2. The van der Waals surface area contributed by atoms with Gasteiger partial charge in [-0.1, -0.05) is 0 Å². The number of ether oxygens (including phenoxy) is 1. The van der Waals surface area contributed by atoms with Crippen molar-refractivity contribution in [2.45, 2.75) is 31.9 Å². The van der Waals surface area contributed by atoms with E-state index in [1.165, 1.54) is 6.42 Å². The number of nitrogens with one attached hydrogen (secondary N) is 2. The van der Waals surface area contributed by atoms with Gasteiger partial charge in [-0.3, -0.25) is 9.78 Å². The standard InChI is InChI=1S/C13H19N3O2/c1-10(18-12-5-3-6-14-9-12)13(17)16-8-11-4-2-7-15-11/h3,5-6,9-11,15H,2,4,7-8H2,1H3,(H,16,17). The molecule has 2 N–H and O–H groups in total. The van der Waals surface area contributed by atoms with E-state index in [1.807, 2.05) is 0 Å². The van der Waals surface area contributed by atoms with Crippen LogP contribution in [-0.2, 0) is 4.79 Å². The van der Waals surface area contributed by atoms with Gasteiger partial charge in [0.15, 0.2) is 6.10 Å². The molecule has 5 nitrogen and oxygen atoms in total. The summed E-state index contributed by atoms with van der Waals surface area (Å²) >= 11 is 0. The quantitative estimate of drug-likeness (QED) is 0.807. The lowest BCUT2D eigenvalue weighted by molar-refractivity contribution is -0.127. The van der Waals surface area contributed by atoms with E-state index in [1.54, 1.807) is 31.5 Å². The average Bonchev–Trinajstić information content (AvgIpc) is 2.90. The number of nitrogens with zero attached hydrogens (tertiary/aromatic N) is 1. The predicted molar refractivity (Wildman–Crippen MR) is 68.4 cm³/mol. The molecule has 0 spiro atoms. The Morgan fingerprint density at radius 1 is 1.72 bits per heavy atom. The highest BCUT2D eigenvalue weighted by Crippen LogP contribution is 2.09. The number of rotatable bonds is 5. The Morgan fingerprint density at radius 2 is 2.61 bits per heavy atom. The minimum atomic E-state index is -0.504. The summed E-state index contributed by atoms with van der Waals surface area (Å²) in [7, 11) is 0. The van der Waals surface area contributed by atoms with E-state index in [2.05, 4.69) is 15.6 Å². The molecule has 2 atom stereocenters. The van der Waals surface area contributed by atoms with Crippen LogP contribution in [0.1, 0.15) is 19.8 Å². The van der Waals surface area contributed by atoms with Gasteiger partial charge in [0.1, 0.15) is 5.75 Å². The lowest BCUT2D eigenvalue weighted by atomic mass is 10.2. The van der Waals surface area contributed by atoms with Crippen LogP contribution in [-0.4, -0.2) is 36.1 Å². The molecule has 18 heavy (non-hydrogen) atoms. The van der Waals surface area contributed by atoms with E-state index in [4.69, 9.17) is 4.74 Å². The molecule has 0 saturated carbocycles. The molecule has 0 aromatic carbocycles. The third-order valence-corrected chi connectivity index (χ3v) is 3.00. The van der Waals surface area contributed by atoms with E-state index in [0.717, 1.165) is 13.0 Å². The number of aromatic nitrogens is 1. The zero-order chi connectivity index (χ0) is 12.8. The summed E-state index contributed by atoms with van der Waals surface area (Å²) in [5.74, 6) is 0.520. The third kappa shape index (κ3) is 3.70. The second-order valence-corrected chi connectivity index (χ2v) is 4.49. The number of hydrogen-bond acceptors (Lipinski definition) is 4. The summed E-state index contributed by atoms with van der Waals surface area (Å²) in [6.45, 7) is 3.45. The number of pyridine rings is 1. The van der Waals surface area contributed by atoms with Gasteiger partial charge in [0.25, 0.3) is 5.91 Å². The topological polar surface area (TPSA) is 63.2 Å². The second kappa shape index (κ2) is 6.35. The van der Waals surface area contributed by atoms with Gasteiger partial charge in [-0.2, -0.15) is 0 Å². The van der Waals surface area contributed by atoms with Crippen LogP contribution in [0.3, 0.4) is 0 Å². The summed E-state index contributed by atoms with van der Waals surface area (Å²) in [4.78, 5) is 15.8. The van der Waals surface area contributed by atoms with Crippen molar-refractivity contribution in [1.82, 2.24) is 15.6 Å². The highest BCUT2D eigenvalue weighted by Gasteiger charge is 2.18. The maximum absolute atomic E-state index is 11.8. The van der Waals surface area contributed by atoms with Crippen molar-refractivity contribution in [2.75, 3.05) is 13.1 Å². The fourth-order valence-electron chi connectivity index (χ4n) is 1.97. The van der Waals surface area contributed by atoms with Crippen molar-refractivity contribution >= 4 is 5.91 Å². The SMILES string of the molecule is CC(Oc1cccnc1)C(=O)NCC1CCCN1. The third-order valence-electron chi connectivity index (χ3n) is 3.00. The van der Waals surface area contributed by atoms with Crippen molar-refractivity contribution in [3.05, 3.63) is 24.5 Å². The van der Waals surface area contributed by atoms with Gasteiger partial charge < -0.3 is 15.4 Å². The van der Waals surface area contributed by atoms with Crippen molar-refractivity contribution in [3.8, 4) is 5.75 Å². The fourth-order valence-corrected chi connectivity index (χ4v) is 1.97. The molecule has 1 aromatic heterocycles. The summed E-state index contributed by atoms with van der Waals surface area (Å²) in [5, 5.41) is 6.23. The highest BCUT2D eigenvalue weighted by atomic mass is 16.5. The Labute approximate surface area is 107 Å². The van der Waals surface area contributed by atoms with E-state index in [9.17, 15) is 4.79 Å². The maximum Gasteiger partial charge on any atom is 0.260 e. The number of amides is 1. The largest absolute Gasteiger partial charge is 0.479 e. The zero-order valence-corrected chi connectivity index (χ0v) is 10.6. The first-order valence-electron chi connectivity index (χ1n) is 6.33. The number of carbonyl (C=O) groups excluding carboxylic acids is 1. The molecule has 0 aliphatic carbocycles. The van der Waals surface area contributed by atoms with Gasteiger partial charge in [-0.25, -0.2) is 0 Å². The fraction of sp³-hybridized carbons (Fsp3) is 0.538. The monoisotopic (exact) mass is 249 g/mol. The molecule has 1 aromatic rings. The molecule has 1 amide bonds. The first kappa shape index (κ1) is 12.8. The molecule has 0 bridgehead atoms. The minimum absolute atomic E-state index is 0.0902. The summed E-state index contributed by atoms with van der Waals surface area (Å²) in [6.07, 6.45) is 5.07. The van der Waals surface area contributed by atoms with Crippen LogP contribution in [0.25, 0.3) is 0 Å². The van der Waals surface area contributed by atoms with Gasteiger partial charge in [-0.05, 0) is 38.4 Å². The van der Waals surface area contributed by atoms with Crippen LogP contribution in [0.4, 0.5) is 0 Å². The van der Waals surface area contributed by atoms with Gasteiger partial charge in [0.2, 0.25) is 0 Å². The molecule has 98 valence electrons. The van der Waals surface area contributed by atoms with Crippen molar-refractivity contribution in [1.29, 1.82) is 0 Å². The van der Waals surface area contributed by atoms with Crippen molar-refractivity contribution < 1.29 is 9.53 Å². The maximum atomic E-state index is 11.8. The molecule has 2 rings (SSSR count). The molecule has 5 heteroatoms. The highest BCUT2D eigenvalue weighted by molar-refractivity contribution is 5.80. The van der Waals surface area contributed by atoms with Crippen molar-refractivity contribution in [2.24, 2.45) is 0 Å². The van der Waals surface area contributed by atoms with Crippen LogP contribution in [0.5, 0.6) is 5.75 Å². The second-order valence-electron chi connectivity index (χ2n) is 4.49. The Hall–Kier alpha value is -1.62. The lowest BCUT2D eigenvalue weighted by Crippen LogP contribution is -2.42. The Balaban J connectivity index is 1.74. The molecule has 2 unspecified atom stereocenters. The van der Waals surface area contributed by atoms with Crippen LogP contribution in [0, 0.1) is 0 Å². The van der Waals surface area contributed by atoms with Gasteiger partial charge in [0, 0.05) is 18.8 Å². The van der Waals surface area contributed by atoms with E-state index in [-0.39, 0.29) is 5.91 Å². The molecule has 1 aliphatic rings. The van der Waals surface area contributed by atoms with Crippen LogP contribution in [0.15, 0.2) is 24.5 Å². The number of hydrogen-bond donors (Lipinski definition) is 2. The normalized spacial score (nSPS) is 20.4. The molecule has 0 radical (unpaired) electrons. The summed E-state index contributed by atoms with van der Waals surface area (Å²) < 4.78 is 5.50. The van der Waals surface area contributed by atoms with Crippen LogP contribution >= 0.6 is 0 Å². The molecule has 1 aliphatic heterocycles. The van der Waals surface area contributed by atoms with Crippen LogP contribution < -0.4 is 15.4 Å². The van der Waals surface area contributed by atoms with Crippen molar-refractivity contribution in [3.63, 3.8) is 0 Å². The van der Waals surface area contributed by atoms with Gasteiger partial charge in [0.05, 0.1) is 6.20 Å². The van der Waals surface area contributed by atoms with E-state index >= 15 is 0 Å². The lowest BCUT2D eigenvalue weighted by Gasteiger charge is -2.16. The summed E-state index contributed by atoms with van der Waals surface area (Å²) in [6, 6.07) is 3.97. The average molecular weight is 249 g/mol. The molecule has 2 heterocycles. The first-order valence-corrected chi connectivity index (χ1v) is 6.33. The zero-order valence-electron chi connectivity index (χ0n) is 10.6. The van der Waals surface area contributed by atoms with E-state index < -0.39 is 6.10 Å². The number of carbonyl (C=O) groups is 1. The Morgan fingerprint density at radius 3 is 3.28 bits per heavy atom. The Bertz CT molecular complexity index is 377. The minimum Gasteiger partial charge on any atom is -0.479 e. The molecule has 1 fully saturated rings. The summed E-state index contributed by atoms with van der Waals surface area (Å²) in [5.41, 5.74) is 0. The smallest absolute Gasteiger partial charge is 0.260 e. The molecular weight excluding hydrogens is 230 g/mol. The Kier molecular flexibility index (Phi) is 4.52. The van der Waals surface area contributed by atoms with Gasteiger partial charge in [-0.15, -0.1) is 0 Å².